The third-order valence-corrected chi connectivity index (χ3v) is 5.57. The van der Waals surface area contributed by atoms with Crippen molar-refractivity contribution in [3.8, 4) is 5.75 Å². The standard InChI is InChI=1S/C23H19ClO4/c24-21-13-17(28-16-9-8-15(12-16)23(26)27)10-11-20(21)22(25)19-7-3-5-14-4-1-2-6-18(14)19/h1-7,10-11,13,15-16H,8-9,12H2,(H,26,27)/t15-,16-/m0/s1. The lowest BCUT2D eigenvalue weighted by molar-refractivity contribution is -0.141. The zero-order valence-corrected chi connectivity index (χ0v) is 15.9. The molecule has 1 aliphatic carbocycles. The van der Waals surface area contributed by atoms with Crippen molar-refractivity contribution in [2.75, 3.05) is 0 Å². The summed E-state index contributed by atoms with van der Waals surface area (Å²) < 4.78 is 5.89. The molecule has 1 aliphatic rings. The Bertz CT molecular complexity index is 1050. The minimum absolute atomic E-state index is 0.139. The van der Waals surface area contributed by atoms with Crippen molar-refractivity contribution < 1.29 is 19.4 Å². The first kappa shape index (κ1) is 18.5. The molecule has 0 aliphatic heterocycles. The summed E-state index contributed by atoms with van der Waals surface area (Å²) >= 11 is 6.39. The topological polar surface area (TPSA) is 63.6 Å². The van der Waals surface area contributed by atoms with Crippen LogP contribution in [0.3, 0.4) is 0 Å². The van der Waals surface area contributed by atoms with Crippen LogP contribution in [0, 0.1) is 5.92 Å². The molecule has 0 spiro atoms. The van der Waals surface area contributed by atoms with Crippen LogP contribution in [0.2, 0.25) is 5.02 Å². The van der Waals surface area contributed by atoms with Gasteiger partial charge in [-0.15, -0.1) is 0 Å². The molecule has 2 atom stereocenters. The van der Waals surface area contributed by atoms with Gasteiger partial charge >= 0.3 is 5.97 Å². The molecule has 1 fully saturated rings. The number of rotatable bonds is 5. The molecule has 0 amide bonds. The Morgan fingerprint density at radius 3 is 2.50 bits per heavy atom. The number of carbonyl (C=O) groups is 2. The van der Waals surface area contributed by atoms with Crippen molar-refractivity contribution in [2.45, 2.75) is 25.4 Å². The summed E-state index contributed by atoms with van der Waals surface area (Å²) in [6.45, 7) is 0. The molecule has 1 saturated carbocycles. The predicted octanol–water partition coefficient (Wildman–Crippen LogP) is 5.36. The molecule has 0 unspecified atom stereocenters. The summed E-state index contributed by atoms with van der Waals surface area (Å²) in [5.41, 5.74) is 1.02. The summed E-state index contributed by atoms with van der Waals surface area (Å²) in [5, 5.41) is 11.3. The number of hydrogen-bond acceptors (Lipinski definition) is 3. The van der Waals surface area contributed by atoms with Crippen molar-refractivity contribution in [3.63, 3.8) is 0 Å². The number of carboxylic acids is 1. The maximum atomic E-state index is 13.1. The van der Waals surface area contributed by atoms with Crippen molar-refractivity contribution in [2.24, 2.45) is 5.92 Å². The fraction of sp³-hybridized carbons (Fsp3) is 0.217. The third-order valence-electron chi connectivity index (χ3n) is 5.26. The Morgan fingerprint density at radius 1 is 0.964 bits per heavy atom. The number of ketones is 1. The van der Waals surface area contributed by atoms with Crippen LogP contribution in [0.5, 0.6) is 5.75 Å². The van der Waals surface area contributed by atoms with Gasteiger partial charge in [0.15, 0.2) is 5.78 Å². The number of ether oxygens (including phenoxy) is 1. The van der Waals surface area contributed by atoms with E-state index in [1.807, 2.05) is 36.4 Å². The SMILES string of the molecule is O=C(c1ccc(O[C@H]2CC[C@H](C(=O)O)C2)cc1Cl)c1cccc2ccccc12. The van der Waals surface area contributed by atoms with E-state index in [4.69, 9.17) is 21.4 Å². The Morgan fingerprint density at radius 2 is 1.75 bits per heavy atom. The van der Waals surface area contributed by atoms with Gasteiger partial charge in [-0.2, -0.15) is 0 Å². The lowest BCUT2D eigenvalue weighted by Gasteiger charge is -2.15. The monoisotopic (exact) mass is 394 g/mol. The molecular weight excluding hydrogens is 376 g/mol. The summed E-state index contributed by atoms with van der Waals surface area (Å²) in [6.07, 6.45) is 1.66. The van der Waals surface area contributed by atoms with E-state index in [1.165, 1.54) is 0 Å². The largest absolute Gasteiger partial charge is 0.490 e. The molecule has 3 aromatic carbocycles. The fourth-order valence-corrected chi connectivity index (χ4v) is 4.04. The lowest BCUT2D eigenvalue weighted by atomic mass is 9.97. The molecule has 0 bridgehead atoms. The highest BCUT2D eigenvalue weighted by Gasteiger charge is 2.31. The predicted molar refractivity (Wildman–Crippen MR) is 108 cm³/mol. The second-order valence-electron chi connectivity index (χ2n) is 7.09. The van der Waals surface area contributed by atoms with Crippen LogP contribution in [0.4, 0.5) is 0 Å². The second kappa shape index (κ2) is 7.64. The molecule has 142 valence electrons. The van der Waals surface area contributed by atoms with Crippen molar-refractivity contribution >= 4 is 34.1 Å². The van der Waals surface area contributed by atoms with Gasteiger partial charge in [-0.3, -0.25) is 9.59 Å². The van der Waals surface area contributed by atoms with E-state index in [-0.39, 0.29) is 17.8 Å². The minimum Gasteiger partial charge on any atom is -0.490 e. The zero-order valence-electron chi connectivity index (χ0n) is 15.1. The van der Waals surface area contributed by atoms with E-state index in [0.717, 1.165) is 10.8 Å². The van der Waals surface area contributed by atoms with Gasteiger partial charge in [0.25, 0.3) is 0 Å². The van der Waals surface area contributed by atoms with Crippen LogP contribution in [-0.2, 0) is 4.79 Å². The maximum Gasteiger partial charge on any atom is 0.306 e. The summed E-state index contributed by atoms with van der Waals surface area (Å²) in [5.74, 6) is -0.719. The summed E-state index contributed by atoms with van der Waals surface area (Å²) in [6, 6.07) is 18.4. The first-order chi connectivity index (χ1) is 13.5. The molecule has 0 radical (unpaired) electrons. The van der Waals surface area contributed by atoms with E-state index in [1.54, 1.807) is 24.3 Å². The van der Waals surface area contributed by atoms with Crippen LogP contribution in [-0.4, -0.2) is 23.0 Å². The molecule has 1 N–H and O–H groups in total. The van der Waals surface area contributed by atoms with Gasteiger partial charge in [-0.05, 0) is 48.2 Å². The van der Waals surface area contributed by atoms with Crippen LogP contribution in [0.15, 0.2) is 60.7 Å². The molecule has 28 heavy (non-hydrogen) atoms. The van der Waals surface area contributed by atoms with Gasteiger partial charge in [0.2, 0.25) is 0 Å². The summed E-state index contributed by atoms with van der Waals surface area (Å²) in [7, 11) is 0. The van der Waals surface area contributed by atoms with Gasteiger partial charge < -0.3 is 9.84 Å². The highest BCUT2D eigenvalue weighted by atomic mass is 35.5. The molecule has 3 aromatic rings. The van der Waals surface area contributed by atoms with Crippen LogP contribution in [0.1, 0.15) is 35.2 Å². The Hall–Kier alpha value is -2.85. The lowest BCUT2D eigenvalue weighted by Crippen LogP contribution is -2.15. The third kappa shape index (κ3) is 3.60. The van der Waals surface area contributed by atoms with Gasteiger partial charge in [-0.1, -0.05) is 54.1 Å². The second-order valence-corrected chi connectivity index (χ2v) is 7.49. The Labute approximate surface area is 167 Å². The highest BCUT2D eigenvalue weighted by molar-refractivity contribution is 6.35. The van der Waals surface area contributed by atoms with Gasteiger partial charge in [0, 0.05) is 11.1 Å². The normalized spacial score (nSPS) is 18.9. The Kier molecular flexibility index (Phi) is 5.05. The van der Waals surface area contributed by atoms with Crippen LogP contribution < -0.4 is 4.74 Å². The number of carbonyl (C=O) groups excluding carboxylic acids is 1. The van der Waals surface area contributed by atoms with Crippen molar-refractivity contribution in [1.29, 1.82) is 0 Å². The molecule has 4 nitrogen and oxygen atoms in total. The number of halogens is 1. The van der Waals surface area contributed by atoms with E-state index < -0.39 is 5.97 Å². The molecule has 0 aromatic heterocycles. The van der Waals surface area contributed by atoms with Gasteiger partial charge in [-0.25, -0.2) is 0 Å². The first-order valence-corrected chi connectivity index (χ1v) is 9.62. The highest BCUT2D eigenvalue weighted by Crippen LogP contribution is 2.32. The number of aliphatic carboxylic acids is 1. The number of hydrogen-bond donors (Lipinski definition) is 1. The minimum atomic E-state index is -0.778. The smallest absolute Gasteiger partial charge is 0.306 e. The van der Waals surface area contributed by atoms with E-state index >= 15 is 0 Å². The van der Waals surface area contributed by atoms with Crippen LogP contribution in [0.25, 0.3) is 10.8 Å². The number of benzene rings is 3. The average molecular weight is 395 g/mol. The van der Waals surface area contributed by atoms with Gasteiger partial charge in [0.1, 0.15) is 5.75 Å². The quantitative estimate of drug-likeness (QED) is 0.592. The first-order valence-electron chi connectivity index (χ1n) is 9.24. The number of carboxylic acid groups (broad SMARTS) is 1. The Balaban J connectivity index is 1.56. The summed E-state index contributed by atoms with van der Waals surface area (Å²) in [4.78, 5) is 24.2. The van der Waals surface area contributed by atoms with Gasteiger partial charge in [0.05, 0.1) is 17.0 Å². The fourth-order valence-electron chi connectivity index (χ4n) is 3.79. The maximum absolute atomic E-state index is 13.1. The number of fused-ring (bicyclic) bond motifs is 1. The zero-order chi connectivity index (χ0) is 19.7. The molecule has 0 heterocycles. The average Bonchev–Trinajstić information content (AvgIpc) is 3.16. The van der Waals surface area contributed by atoms with Crippen LogP contribution >= 0.6 is 11.6 Å². The molecule has 4 rings (SSSR count). The molecule has 5 heteroatoms. The van der Waals surface area contributed by atoms with E-state index in [2.05, 4.69) is 0 Å². The molecule has 0 saturated heterocycles. The van der Waals surface area contributed by atoms with E-state index in [9.17, 15) is 9.59 Å². The molecular formula is C23H19ClO4. The van der Waals surface area contributed by atoms with Crippen molar-refractivity contribution in [1.82, 2.24) is 0 Å². The van der Waals surface area contributed by atoms with Crippen molar-refractivity contribution in [3.05, 3.63) is 76.8 Å². The van der Waals surface area contributed by atoms with E-state index in [0.29, 0.717) is 41.2 Å².